The summed E-state index contributed by atoms with van der Waals surface area (Å²) in [5.41, 5.74) is 3.69. The molecule has 1 aliphatic rings. The molecular formula is C20H22N2O2. The van der Waals surface area contributed by atoms with Crippen molar-refractivity contribution in [2.75, 3.05) is 7.05 Å². The van der Waals surface area contributed by atoms with Crippen LogP contribution >= 0.6 is 0 Å². The number of benzene rings is 2. The van der Waals surface area contributed by atoms with Crippen LogP contribution in [0.3, 0.4) is 0 Å². The van der Waals surface area contributed by atoms with E-state index in [1.807, 2.05) is 42.5 Å². The van der Waals surface area contributed by atoms with E-state index in [0.29, 0.717) is 18.7 Å². The number of likely N-dealkylation sites (tertiary alicyclic amines) is 1. The van der Waals surface area contributed by atoms with Crippen molar-refractivity contribution in [2.24, 2.45) is 0 Å². The summed E-state index contributed by atoms with van der Waals surface area (Å²) in [7, 11) is 1.67. The number of nitrogens with one attached hydrogen (secondary N) is 1. The summed E-state index contributed by atoms with van der Waals surface area (Å²) in [4.78, 5) is 13.6. The fourth-order valence-corrected chi connectivity index (χ4v) is 3.28. The standard InChI is InChI=1S/C20H22N2O2/c1-20(11-18(21)22(2)19(24)12-20)17-8-4-7-16(10-17)15-6-3-5-14(9-15)13-23/h3-10,21,23H,11-13H2,1-2H3/t20-/m0/s1. The molecule has 0 radical (unpaired) electrons. The summed E-state index contributed by atoms with van der Waals surface area (Å²) in [5, 5.41) is 17.4. The number of carbonyl (C=O) groups is 1. The molecule has 124 valence electrons. The Hall–Kier alpha value is -2.46. The number of amidine groups is 1. The second kappa shape index (κ2) is 6.21. The quantitative estimate of drug-likeness (QED) is 0.910. The lowest BCUT2D eigenvalue weighted by atomic mass is 9.73. The smallest absolute Gasteiger partial charge is 0.228 e. The lowest BCUT2D eigenvalue weighted by molar-refractivity contribution is -0.128. The highest BCUT2D eigenvalue weighted by atomic mass is 16.3. The molecule has 1 amide bonds. The van der Waals surface area contributed by atoms with Crippen molar-refractivity contribution < 1.29 is 9.90 Å². The molecule has 1 heterocycles. The molecule has 1 saturated heterocycles. The van der Waals surface area contributed by atoms with E-state index in [9.17, 15) is 9.90 Å². The normalized spacial score (nSPS) is 21.2. The van der Waals surface area contributed by atoms with E-state index in [4.69, 9.17) is 5.41 Å². The molecule has 0 bridgehead atoms. The number of rotatable bonds is 3. The van der Waals surface area contributed by atoms with Gasteiger partial charge in [-0.3, -0.25) is 10.2 Å². The second-order valence-electron chi connectivity index (χ2n) is 6.75. The van der Waals surface area contributed by atoms with E-state index in [0.717, 1.165) is 22.3 Å². The first-order valence-corrected chi connectivity index (χ1v) is 8.08. The third-order valence-electron chi connectivity index (χ3n) is 4.88. The van der Waals surface area contributed by atoms with Crippen molar-refractivity contribution in [3.05, 3.63) is 59.7 Å². The molecule has 1 atom stereocenters. The molecule has 0 aliphatic carbocycles. The Labute approximate surface area is 142 Å². The third kappa shape index (κ3) is 2.97. The number of amides is 1. The molecule has 0 saturated carbocycles. The highest BCUT2D eigenvalue weighted by Crippen LogP contribution is 2.37. The predicted molar refractivity (Wildman–Crippen MR) is 94.9 cm³/mol. The van der Waals surface area contributed by atoms with Crippen molar-refractivity contribution in [1.29, 1.82) is 5.41 Å². The Balaban J connectivity index is 1.98. The van der Waals surface area contributed by atoms with Crippen molar-refractivity contribution in [3.8, 4) is 11.1 Å². The molecule has 2 aromatic carbocycles. The number of piperidine rings is 1. The fraction of sp³-hybridized carbons (Fsp3) is 0.300. The van der Waals surface area contributed by atoms with Gasteiger partial charge in [0.25, 0.3) is 0 Å². The number of hydrogen-bond acceptors (Lipinski definition) is 3. The van der Waals surface area contributed by atoms with E-state index in [1.54, 1.807) is 7.05 Å². The van der Waals surface area contributed by atoms with Crippen LogP contribution in [0, 0.1) is 5.41 Å². The number of carbonyl (C=O) groups excluding carboxylic acids is 1. The number of aliphatic hydroxyl groups is 1. The van der Waals surface area contributed by atoms with Gasteiger partial charge in [-0.25, -0.2) is 0 Å². The van der Waals surface area contributed by atoms with Crippen LogP contribution in [0.2, 0.25) is 0 Å². The molecule has 4 heteroatoms. The Morgan fingerprint density at radius 1 is 1.12 bits per heavy atom. The summed E-state index contributed by atoms with van der Waals surface area (Å²) in [6.07, 6.45) is 0.960. The zero-order valence-electron chi connectivity index (χ0n) is 14.0. The minimum absolute atomic E-state index is 0.0126. The molecular weight excluding hydrogens is 300 g/mol. The van der Waals surface area contributed by atoms with Crippen LogP contribution in [0.4, 0.5) is 0 Å². The van der Waals surface area contributed by atoms with Crippen LogP contribution in [0.15, 0.2) is 48.5 Å². The van der Waals surface area contributed by atoms with Crippen molar-refractivity contribution in [1.82, 2.24) is 4.90 Å². The number of aliphatic hydroxyl groups excluding tert-OH is 1. The molecule has 1 aliphatic heterocycles. The van der Waals surface area contributed by atoms with Gasteiger partial charge in [0.1, 0.15) is 5.84 Å². The van der Waals surface area contributed by atoms with E-state index >= 15 is 0 Å². The van der Waals surface area contributed by atoms with Crippen LogP contribution in [-0.2, 0) is 16.8 Å². The summed E-state index contributed by atoms with van der Waals surface area (Å²) in [6.45, 7) is 2.07. The van der Waals surface area contributed by atoms with Gasteiger partial charge in [-0.1, -0.05) is 49.4 Å². The number of hydrogen-bond donors (Lipinski definition) is 2. The van der Waals surface area contributed by atoms with Gasteiger partial charge in [0.05, 0.1) is 6.61 Å². The first-order chi connectivity index (χ1) is 11.4. The van der Waals surface area contributed by atoms with Gasteiger partial charge < -0.3 is 10.0 Å². The van der Waals surface area contributed by atoms with Gasteiger partial charge in [-0.05, 0) is 28.3 Å². The molecule has 24 heavy (non-hydrogen) atoms. The van der Waals surface area contributed by atoms with E-state index in [1.165, 1.54) is 4.90 Å². The van der Waals surface area contributed by atoms with E-state index in [-0.39, 0.29) is 17.9 Å². The fourth-order valence-electron chi connectivity index (χ4n) is 3.28. The zero-order valence-corrected chi connectivity index (χ0v) is 14.0. The Morgan fingerprint density at radius 2 is 1.79 bits per heavy atom. The first kappa shape index (κ1) is 16.4. The summed E-state index contributed by atoms with van der Waals surface area (Å²) >= 11 is 0. The summed E-state index contributed by atoms with van der Waals surface area (Å²) < 4.78 is 0. The molecule has 4 nitrogen and oxygen atoms in total. The topological polar surface area (TPSA) is 64.4 Å². The average Bonchev–Trinajstić information content (AvgIpc) is 2.60. The highest BCUT2D eigenvalue weighted by molar-refractivity contribution is 6.00. The van der Waals surface area contributed by atoms with Crippen molar-refractivity contribution in [3.63, 3.8) is 0 Å². The van der Waals surface area contributed by atoms with Crippen molar-refractivity contribution >= 4 is 11.7 Å². The molecule has 0 spiro atoms. The van der Waals surface area contributed by atoms with Gasteiger partial charge in [-0.15, -0.1) is 0 Å². The third-order valence-corrected chi connectivity index (χ3v) is 4.88. The summed E-state index contributed by atoms with van der Waals surface area (Å²) in [6, 6.07) is 16.0. The SMILES string of the molecule is CN1C(=N)C[C@](C)(c2cccc(-c3cccc(CO)c3)c2)CC1=O. The van der Waals surface area contributed by atoms with Crippen molar-refractivity contribution in [2.45, 2.75) is 31.8 Å². The maximum atomic E-state index is 12.2. The Kier molecular flexibility index (Phi) is 4.24. The lowest BCUT2D eigenvalue weighted by Crippen LogP contribution is -2.46. The van der Waals surface area contributed by atoms with Crippen LogP contribution in [0.5, 0.6) is 0 Å². The van der Waals surface area contributed by atoms with Crippen LogP contribution in [0.25, 0.3) is 11.1 Å². The number of nitrogens with zero attached hydrogens (tertiary/aromatic N) is 1. The summed E-state index contributed by atoms with van der Waals surface area (Å²) in [5.74, 6) is 0.350. The minimum Gasteiger partial charge on any atom is -0.392 e. The average molecular weight is 322 g/mol. The Morgan fingerprint density at radius 3 is 2.46 bits per heavy atom. The molecule has 0 aromatic heterocycles. The van der Waals surface area contributed by atoms with E-state index < -0.39 is 0 Å². The lowest BCUT2D eigenvalue weighted by Gasteiger charge is -2.38. The van der Waals surface area contributed by atoms with Gasteiger partial charge >= 0.3 is 0 Å². The first-order valence-electron chi connectivity index (χ1n) is 8.08. The van der Waals surface area contributed by atoms with Gasteiger partial charge in [-0.2, -0.15) is 0 Å². The molecule has 0 unspecified atom stereocenters. The van der Waals surface area contributed by atoms with Gasteiger partial charge in [0, 0.05) is 25.3 Å². The molecule has 3 rings (SSSR count). The Bertz CT molecular complexity index is 780. The largest absolute Gasteiger partial charge is 0.392 e. The van der Waals surface area contributed by atoms with Gasteiger partial charge in [0.2, 0.25) is 5.91 Å². The second-order valence-corrected chi connectivity index (χ2v) is 6.75. The van der Waals surface area contributed by atoms with E-state index in [2.05, 4.69) is 13.0 Å². The maximum absolute atomic E-state index is 12.2. The maximum Gasteiger partial charge on any atom is 0.228 e. The van der Waals surface area contributed by atoms with Crippen LogP contribution in [0.1, 0.15) is 30.9 Å². The predicted octanol–water partition coefficient (Wildman–Crippen LogP) is 3.33. The molecule has 1 fully saturated rings. The molecule has 2 N–H and O–H groups in total. The zero-order chi connectivity index (χ0) is 17.3. The van der Waals surface area contributed by atoms with Gasteiger partial charge in [0.15, 0.2) is 0 Å². The van der Waals surface area contributed by atoms with Crippen LogP contribution in [-0.4, -0.2) is 28.8 Å². The monoisotopic (exact) mass is 322 g/mol. The van der Waals surface area contributed by atoms with Crippen LogP contribution < -0.4 is 0 Å². The minimum atomic E-state index is -0.356. The molecule has 2 aromatic rings. The highest BCUT2D eigenvalue weighted by Gasteiger charge is 2.38.